The third-order valence-electron chi connectivity index (χ3n) is 5.18. The summed E-state index contributed by atoms with van der Waals surface area (Å²) in [5.41, 5.74) is 3.22. The van der Waals surface area contributed by atoms with Crippen LogP contribution in [0.3, 0.4) is 0 Å². The number of thiophene rings is 1. The summed E-state index contributed by atoms with van der Waals surface area (Å²) in [4.78, 5) is 23.0. The highest BCUT2D eigenvalue weighted by Crippen LogP contribution is 2.33. The second kappa shape index (κ2) is 7.53. The van der Waals surface area contributed by atoms with E-state index in [-0.39, 0.29) is 31.8 Å². The van der Waals surface area contributed by atoms with Crippen LogP contribution in [0.25, 0.3) is 26.2 Å². The first kappa shape index (κ1) is 19.5. The molecular formula is C22H19F2N3OS. The second-order valence-electron chi connectivity index (χ2n) is 7.32. The Labute approximate surface area is 171 Å². The van der Waals surface area contributed by atoms with Gasteiger partial charge in [0.15, 0.2) is 0 Å². The van der Waals surface area contributed by atoms with Gasteiger partial charge in [-0.2, -0.15) is 0 Å². The summed E-state index contributed by atoms with van der Waals surface area (Å²) in [5, 5.41) is 1.08. The van der Waals surface area contributed by atoms with E-state index in [1.165, 1.54) is 15.8 Å². The van der Waals surface area contributed by atoms with Crippen molar-refractivity contribution in [3.05, 3.63) is 63.9 Å². The van der Waals surface area contributed by atoms with E-state index in [9.17, 15) is 13.6 Å². The van der Waals surface area contributed by atoms with Crippen LogP contribution in [0.2, 0.25) is 0 Å². The number of carbonyl (C=O) groups is 1. The lowest BCUT2D eigenvalue weighted by Crippen LogP contribution is -2.42. The fourth-order valence-corrected chi connectivity index (χ4v) is 4.63. The molecule has 1 amide bonds. The smallest absolute Gasteiger partial charge is 0.255 e. The second-order valence-corrected chi connectivity index (χ2v) is 8.46. The minimum atomic E-state index is -2.67. The molecule has 1 fully saturated rings. The average molecular weight is 411 g/mol. The number of likely N-dealkylation sites (tertiary alicyclic amines) is 1. The predicted octanol–water partition coefficient (Wildman–Crippen LogP) is 5.56. The van der Waals surface area contributed by atoms with E-state index in [0.29, 0.717) is 12.1 Å². The van der Waals surface area contributed by atoms with Crippen LogP contribution in [0.4, 0.5) is 8.78 Å². The van der Waals surface area contributed by atoms with Gasteiger partial charge in [-0.05, 0) is 48.2 Å². The van der Waals surface area contributed by atoms with E-state index in [2.05, 4.69) is 15.9 Å². The normalized spacial score (nSPS) is 16.0. The molecule has 0 aliphatic carbocycles. The summed E-state index contributed by atoms with van der Waals surface area (Å²) in [5.74, 6) is -2.93. The van der Waals surface area contributed by atoms with Crippen molar-refractivity contribution in [3.8, 4) is 11.3 Å². The van der Waals surface area contributed by atoms with Gasteiger partial charge in [0.1, 0.15) is 0 Å². The number of pyridine rings is 1. The Hall–Kier alpha value is -2.85. The minimum Gasteiger partial charge on any atom is -0.338 e. The van der Waals surface area contributed by atoms with Gasteiger partial charge in [-0.15, -0.1) is 11.3 Å². The molecule has 4 rings (SSSR count). The topological polar surface area (TPSA) is 37.6 Å². The molecule has 29 heavy (non-hydrogen) atoms. The van der Waals surface area contributed by atoms with Crippen molar-refractivity contribution in [1.29, 1.82) is 0 Å². The van der Waals surface area contributed by atoms with Gasteiger partial charge in [-0.3, -0.25) is 9.78 Å². The Bertz CT molecular complexity index is 1110. The van der Waals surface area contributed by atoms with Gasteiger partial charge in [0.25, 0.3) is 11.8 Å². The number of hydrogen-bond donors (Lipinski definition) is 0. The molecule has 3 aromatic rings. The molecule has 1 aliphatic heterocycles. The Morgan fingerprint density at radius 2 is 2.03 bits per heavy atom. The summed E-state index contributed by atoms with van der Waals surface area (Å²) < 4.78 is 27.8. The number of hydrogen-bond acceptors (Lipinski definition) is 3. The largest absolute Gasteiger partial charge is 0.338 e. The monoisotopic (exact) mass is 411 g/mol. The van der Waals surface area contributed by atoms with Crippen LogP contribution in [-0.4, -0.2) is 34.8 Å². The lowest BCUT2D eigenvalue weighted by Gasteiger charge is -2.31. The number of benzene rings is 1. The number of piperidine rings is 1. The summed E-state index contributed by atoms with van der Waals surface area (Å²) in [7, 11) is 0. The quantitative estimate of drug-likeness (QED) is 0.529. The predicted molar refractivity (Wildman–Crippen MR) is 110 cm³/mol. The molecular weight excluding hydrogens is 392 g/mol. The van der Waals surface area contributed by atoms with E-state index in [1.54, 1.807) is 23.5 Å². The number of carbonyl (C=O) groups excluding carboxylic acids is 1. The standard InChI is InChI=1S/C22H19F2N3OS/c1-14-9-16(10-17-11-18(13-25-2)29-20(14)17)19-4-3-15(12-26-19)21(28)27-7-5-22(23,24)6-8-27/h3-4,9-12H,5-8,13H2,1H3. The molecule has 1 aromatic carbocycles. The third-order valence-corrected chi connectivity index (χ3v) is 6.45. The van der Waals surface area contributed by atoms with Crippen molar-refractivity contribution in [3.63, 3.8) is 0 Å². The molecule has 2 aromatic heterocycles. The van der Waals surface area contributed by atoms with Gasteiger partial charge in [-0.25, -0.2) is 15.4 Å². The highest BCUT2D eigenvalue weighted by Gasteiger charge is 2.35. The van der Waals surface area contributed by atoms with Gasteiger partial charge in [0.2, 0.25) is 6.54 Å². The molecule has 148 valence electrons. The van der Waals surface area contributed by atoms with Gasteiger partial charge in [0, 0.05) is 42.4 Å². The van der Waals surface area contributed by atoms with E-state index in [1.807, 2.05) is 19.1 Å². The fourth-order valence-electron chi connectivity index (χ4n) is 3.60. The number of aromatic nitrogens is 1. The average Bonchev–Trinajstić information content (AvgIpc) is 3.11. The Morgan fingerprint density at radius 1 is 1.28 bits per heavy atom. The first-order chi connectivity index (χ1) is 13.9. The first-order valence-corrected chi connectivity index (χ1v) is 10.2. The van der Waals surface area contributed by atoms with Crippen molar-refractivity contribution in [2.45, 2.75) is 32.2 Å². The molecule has 0 radical (unpaired) electrons. The van der Waals surface area contributed by atoms with Crippen molar-refractivity contribution in [2.75, 3.05) is 13.1 Å². The van der Waals surface area contributed by atoms with Gasteiger partial charge >= 0.3 is 0 Å². The van der Waals surface area contributed by atoms with E-state index < -0.39 is 5.92 Å². The van der Waals surface area contributed by atoms with E-state index in [4.69, 9.17) is 6.57 Å². The zero-order chi connectivity index (χ0) is 20.6. The van der Waals surface area contributed by atoms with Crippen LogP contribution in [0, 0.1) is 13.5 Å². The number of nitrogens with zero attached hydrogens (tertiary/aromatic N) is 3. The van der Waals surface area contributed by atoms with Gasteiger partial charge < -0.3 is 9.74 Å². The lowest BCUT2D eigenvalue weighted by molar-refractivity contribution is -0.0494. The maximum Gasteiger partial charge on any atom is 0.255 e. The Balaban J connectivity index is 1.56. The van der Waals surface area contributed by atoms with Crippen LogP contribution >= 0.6 is 11.3 Å². The lowest BCUT2D eigenvalue weighted by atomic mass is 10.0. The molecule has 0 atom stereocenters. The molecule has 3 heterocycles. The van der Waals surface area contributed by atoms with E-state index >= 15 is 0 Å². The number of amides is 1. The number of rotatable bonds is 3. The number of aryl methyl sites for hydroxylation is 1. The minimum absolute atomic E-state index is 0.0640. The summed E-state index contributed by atoms with van der Waals surface area (Å²) in [6.07, 6.45) is 0.932. The maximum absolute atomic E-state index is 13.3. The number of fused-ring (bicyclic) bond motifs is 1. The van der Waals surface area contributed by atoms with Crippen LogP contribution in [-0.2, 0) is 6.54 Å². The first-order valence-electron chi connectivity index (χ1n) is 9.36. The van der Waals surface area contributed by atoms with Gasteiger partial charge in [0.05, 0.1) is 16.1 Å². The Kier molecular flexibility index (Phi) is 5.05. The van der Waals surface area contributed by atoms with Crippen LogP contribution < -0.4 is 0 Å². The number of halogens is 2. The van der Waals surface area contributed by atoms with E-state index in [0.717, 1.165) is 27.1 Å². The molecule has 4 nitrogen and oxygen atoms in total. The molecule has 7 heteroatoms. The fraction of sp³-hybridized carbons (Fsp3) is 0.318. The molecule has 0 spiro atoms. The van der Waals surface area contributed by atoms with Crippen LogP contribution in [0.5, 0.6) is 0 Å². The SMILES string of the molecule is [C-]#[N+]Cc1cc2cc(-c3ccc(C(=O)N4CCC(F)(F)CC4)cn3)cc(C)c2s1. The summed E-state index contributed by atoms with van der Waals surface area (Å²) >= 11 is 1.64. The highest BCUT2D eigenvalue weighted by molar-refractivity contribution is 7.19. The van der Waals surface area contributed by atoms with Crippen molar-refractivity contribution >= 4 is 27.3 Å². The van der Waals surface area contributed by atoms with Crippen LogP contribution in [0.1, 0.15) is 33.6 Å². The Morgan fingerprint density at radius 3 is 2.69 bits per heavy atom. The van der Waals surface area contributed by atoms with Crippen molar-refractivity contribution < 1.29 is 13.6 Å². The van der Waals surface area contributed by atoms with Crippen LogP contribution in [0.15, 0.2) is 36.5 Å². The molecule has 0 bridgehead atoms. The molecule has 0 unspecified atom stereocenters. The molecule has 0 N–H and O–H groups in total. The summed E-state index contributed by atoms with van der Waals surface area (Å²) in [6.45, 7) is 9.59. The van der Waals surface area contributed by atoms with Crippen molar-refractivity contribution in [1.82, 2.24) is 9.88 Å². The number of alkyl halides is 2. The molecule has 1 aliphatic rings. The molecule has 0 saturated carbocycles. The third kappa shape index (κ3) is 3.99. The maximum atomic E-state index is 13.3. The van der Waals surface area contributed by atoms with Gasteiger partial charge in [-0.1, -0.05) is 0 Å². The summed E-state index contributed by atoms with van der Waals surface area (Å²) in [6, 6.07) is 9.63. The van der Waals surface area contributed by atoms with Crippen molar-refractivity contribution in [2.24, 2.45) is 0 Å². The molecule has 1 saturated heterocycles. The highest BCUT2D eigenvalue weighted by atomic mass is 32.1. The zero-order valence-electron chi connectivity index (χ0n) is 15.9. The zero-order valence-corrected chi connectivity index (χ0v) is 16.7.